The third-order valence-electron chi connectivity index (χ3n) is 4.89. The van der Waals surface area contributed by atoms with Crippen molar-refractivity contribution in [3.8, 4) is 0 Å². The molecule has 0 bridgehead atoms. The van der Waals surface area contributed by atoms with Crippen molar-refractivity contribution in [1.82, 2.24) is 25.6 Å². The van der Waals surface area contributed by atoms with Crippen LogP contribution in [0.5, 0.6) is 0 Å². The highest BCUT2D eigenvalue weighted by Crippen LogP contribution is 2.23. The van der Waals surface area contributed by atoms with Crippen LogP contribution in [0.4, 0.5) is 15.0 Å². The van der Waals surface area contributed by atoms with E-state index in [9.17, 15) is 14.0 Å². The van der Waals surface area contributed by atoms with Gasteiger partial charge in [-0.05, 0) is 31.4 Å². The lowest BCUT2D eigenvalue weighted by atomic mass is 10.00. The number of amides is 3. The maximum Gasteiger partial charge on any atom is 0.325 e. The summed E-state index contributed by atoms with van der Waals surface area (Å²) in [6, 6.07) is 3.11. The number of allylic oxidation sites excluding steroid dienone is 3. The summed E-state index contributed by atoms with van der Waals surface area (Å²) in [5, 5.41) is 13.3. The SMILES string of the molecule is Cc1cc(CNC(=O)c2cc(N3CCN(CC4C=CC(F)=CC4)C3=O)n[nH]2)no1. The minimum Gasteiger partial charge on any atom is -0.361 e. The molecular formula is C19H21FN6O3. The van der Waals surface area contributed by atoms with Crippen molar-refractivity contribution in [2.45, 2.75) is 19.9 Å². The van der Waals surface area contributed by atoms with Gasteiger partial charge in [0.1, 0.15) is 23.0 Å². The van der Waals surface area contributed by atoms with E-state index in [2.05, 4.69) is 20.7 Å². The minimum atomic E-state index is -0.353. The van der Waals surface area contributed by atoms with Crippen LogP contribution in [0.25, 0.3) is 0 Å². The van der Waals surface area contributed by atoms with Gasteiger partial charge in [0.2, 0.25) is 0 Å². The van der Waals surface area contributed by atoms with E-state index in [1.807, 2.05) is 0 Å². The zero-order valence-corrected chi connectivity index (χ0v) is 15.9. The summed E-state index contributed by atoms with van der Waals surface area (Å²) in [6.45, 7) is 3.55. The molecule has 2 N–H and O–H groups in total. The smallest absolute Gasteiger partial charge is 0.325 e. The van der Waals surface area contributed by atoms with E-state index < -0.39 is 0 Å². The fourth-order valence-corrected chi connectivity index (χ4v) is 3.35. The lowest BCUT2D eigenvalue weighted by Crippen LogP contribution is -2.35. The number of nitrogens with zero attached hydrogens (tertiary/aromatic N) is 4. The van der Waals surface area contributed by atoms with Gasteiger partial charge in [0, 0.05) is 31.8 Å². The number of rotatable bonds is 6. The van der Waals surface area contributed by atoms with Crippen LogP contribution in [0.2, 0.25) is 0 Å². The number of H-pyrrole nitrogens is 1. The summed E-state index contributed by atoms with van der Waals surface area (Å²) >= 11 is 0. The molecule has 4 rings (SSSR count). The first-order valence-corrected chi connectivity index (χ1v) is 9.35. The summed E-state index contributed by atoms with van der Waals surface area (Å²) in [6.07, 6.45) is 5.33. The van der Waals surface area contributed by atoms with Crippen molar-refractivity contribution in [3.05, 3.63) is 53.3 Å². The van der Waals surface area contributed by atoms with Gasteiger partial charge in [-0.25, -0.2) is 9.18 Å². The molecule has 3 heterocycles. The molecule has 3 amide bonds. The molecule has 10 heteroatoms. The molecule has 2 aromatic heterocycles. The van der Waals surface area contributed by atoms with Crippen LogP contribution >= 0.6 is 0 Å². The van der Waals surface area contributed by atoms with Crippen molar-refractivity contribution in [2.75, 3.05) is 24.5 Å². The van der Waals surface area contributed by atoms with Gasteiger partial charge in [0.05, 0.1) is 6.54 Å². The number of carbonyl (C=O) groups excluding carboxylic acids is 2. The van der Waals surface area contributed by atoms with Crippen molar-refractivity contribution in [3.63, 3.8) is 0 Å². The molecule has 0 radical (unpaired) electrons. The Balaban J connectivity index is 1.33. The number of aryl methyl sites for hydroxylation is 1. The maximum absolute atomic E-state index is 13.1. The highest BCUT2D eigenvalue weighted by atomic mass is 19.1. The normalized spacial score (nSPS) is 19.0. The second-order valence-corrected chi connectivity index (χ2v) is 7.08. The Labute approximate surface area is 166 Å². The summed E-state index contributed by atoms with van der Waals surface area (Å²) in [7, 11) is 0. The quantitative estimate of drug-likeness (QED) is 0.774. The highest BCUT2D eigenvalue weighted by molar-refractivity contribution is 5.96. The highest BCUT2D eigenvalue weighted by Gasteiger charge is 2.32. The van der Waals surface area contributed by atoms with Crippen LogP contribution in [0.1, 0.15) is 28.4 Å². The minimum absolute atomic E-state index is 0.0964. The molecule has 0 spiro atoms. The Hall–Kier alpha value is -3.43. The van der Waals surface area contributed by atoms with Gasteiger partial charge in [-0.2, -0.15) is 5.10 Å². The van der Waals surface area contributed by atoms with Gasteiger partial charge in [0.25, 0.3) is 5.91 Å². The largest absolute Gasteiger partial charge is 0.361 e. The first-order valence-electron chi connectivity index (χ1n) is 9.35. The first-order chi connectivity index (χ1) is 14.0. The second kappa shape index (κ2) is 7.90. The van der Waals surface area contributed by atoms with E-state index in [4.69, 9.17) is 4.52 Å². The molecule has 9 nitrogen and oxygen atoms in total. The number of carbonyl (C=O) groups is 2. The van der Waals surface area contributed by atoms with Crippen LogP contribution in [0, 0.1) is 12.8 Å². The van der Waals surface area contributed by atoms with E-state index in [1.165, 1.54) is 17.1 Å². The molecule has 1 saturated heterocycles. The second-order valence-electron chi connectivity index (χ2n) is 7.08. The van der Waals surface area contributed by atoms with Gasteiger partial charge in [-0.15, -0.1) is 0 Å². The summed E-state index contributed by atoms with van der Waals surface area (Å²) < 4.78 is 18.0. The van der Waals surface area contributed by atoms with Gasteiger partial charge in [-0.1, -0.05) is 11.2 Å². The van der Waals surface area contributed by atoms with Gasteiger partial charge < -0.3 is 14.7 Å². The summed E-state index contributed by atoms with van der Waals surface area (Å²) in [5.41, 5.74) is 0.870. The number of aromatic nitrogens is 3. The number of halogens is 1. The Morgan fingerprint density at radius 3 is 3.00 bits per heavy atom. The fraction of sp³-hybridized carbons (Fsp3) is 0.368. The van der Waals surface area contributed by atoms with Crippen LogP contribution in [-0.4, -0.2) is 51.8 Å². The predicted octanol–water partition coefficient (Wildman–Crippen LogP) is 2.31. The molecule has 29 heavy (non-hydrogen) atoms. The standard InChI is InChI=1S/C19H21FN6O3/c1-12-8-15(24-29-12)10-21-18(27)16-9-17(23-22-16)26-7-6-25(19(26)28)11-13-2-4-14(20)5-3-13/h2,4-5,8-9,13H,3,6-7,10-11H2,1H3,(H,21,27)(H,22,23). The Morgan fingerprint density at radius 1 is 1.41 bits per heavy atom. The number of hydrogen-bond donors (Lipinski definition) is 2. The molecule has 0 saturated carbocycles. The summed E-state index contributed by atoms with van der Waals surface area (Å²) in [5.74, 6) is 0.565. The molecule has 1 aliphatic carbocycles. The van der Waals surface area contributed by atoms with Crippen molar-refractivity contribution >= 4 is 17.8 Å². The molecule has 0 aromatic carbocycles. The number of urea groups is 1. The number of hydrogen-bond acceptors (Lipinski definition) is 5. The molecular weight excluding hydrogens is 379 g/mol. The molecule has 2 aromatic rings. The molecule has 1 unspecified atom stereocenters. The average molecular weight is 400 g/mol. The summed E-state index contributed by atoms with van der Waals surface area (Å²) in [4.78, 5) is 28.2. The van der Waals surface area contributed by atoms with Crippen LogP contribution in [0.3, 0.4) is 0 Å². The zero-order valence-electron chi connectivity index (χ0n) is 15.9. The fourth-order valence-electron chi connectivity index (χ4n) is 3.35. The third kappa shape index (κ3) is 4.20. The van der Waals surface area contributed by atoms with E-state index >= 15 is 0 Å². The molecule has 1 aliphatic heterocycles. The Bertz CT molecular complexity index is 978. The monoisotopic (exact) mass is 400 g/mol. The maximum atomic E-state index is 13.1. The number of aromatic amines is 1. The lowest BCUT2D eigenvalue weighted by molar-refractivity contribution is 0.0945. The van der Waals surface area contributed by atoms with E-state index in [0.717, 1.165) is 0 Å². The van der Waals surface area contributed by atoms with E-state index in [0.29, 0.717) is 43.3 Å². The third-order valence-corrected chi connectivity index (χ3v) is 4.89. The lowest BCUT2D eigenvalue weighted by Gasteiger charge is -2.22. The Kier molecular flexibility index (Phi) is 5.15. The van der Waals surface area contributed by atoms with Crippen LogP contribution in [0.15, 0.2) is 40.7 Å². The average Bonchev–Trinajstić information content (AvgIpc) is 3.43. The Morgan fingerprint density at radius 2 is 2.28 bits per heavy atom. The van der Waals surface area contributed by atoms with E-state index in [-0.39, 0.29) is 35.9 Å². The van der Waals surface area contributed by atoms with Crippen LogP contribution < -0.4 is 10.2 Å². The molecule has 1 fully saturated rings. The molecule has 152 valence electrons. The number of nitrogens with one attached hydrogen (secondary N) is 2. The van der Waals surface area contributed by atoms with Gasteiger partial charge >= 0.3 is 6.03 Å². The van der Waals surface area contributed by atoms with Crippen molar-refractivity contribution in [2.24, 2.45) is 5.92 Å². The van der Waals surface area contributed by atoms with Gasteiger partial charge in [0.15, 0.2) is 5.82 Å². The number of anilines is 1. The first kappa shape index (κ1) is 18.9. The van der Waals surface area contributed by atoms with Crippen molar-refractivity contribution in [1.29, 1.82) is 0 Å². The van der Waals surface area contributed by atoms with E-state index in [1.54, 1.807) is 30.0 Å². The predicted molar refractivity (Wildman–Crippen MR) is 102 cm³/mol. The zero-order chi connectivity index (χ0) is 20.4. The van der Waals surface area contributed by atoms with Crippen molar-refractivity contribution < 1.29 is 18.5 Å². The molecule has 2 aliphatic rings. The van der Waals surface area contributed by atoms with Gasteiger partial charge in [-0.3, -0.25) is 14.8 Å². The topological polar surface area (TPSA) is 107 Å². The molecule has 1 atom stereocenters. The van der Waals surface area contributed by atoms with Crippen LogP contribution in [-0.2, 0) is 6.54 Å².